The van der Waals surface area contributed by atoms with Crippen LogP contribution >= 0.6 is 0 Å². The van der Waals surface area contributed by atoms with Gasteiger partial charge in [0.1, 0.15) is 0 Å². The highest BCUT2D eigenvalue weighted by Crippen LogP contribution is 2.03. The lowest BCUT2D eigenvalue weighted by molar-refractivity contribution is 0.602. The van der Waals surface area contributed by atoms with Crippen molar-refractivity contribution in [3.05, 3.63) is 28.7 Å². The average Bonchev–Trinajstić information content (AvgIpc) is 2.09. The van der Waals surface area contributed by atoms with Crippen LogP contribution in [0.4, 0.5) is 5.69 Å². The van der Waals surface area contributed by atoms with Crippen LogP contribution in [0.15, 0.2) is 23.1 Å². The zero-order chi connectivity index (χ0) is 9.90. The average molecular weight is 202 g/mol. The summed E-state index contributed by atoms with van der Waals surface area (Å²) in [5, 5.41) is 0. The van der Waals surface area contributed by atoms with Crippen LogP contribution in [0.1, 0.15) is 6.92 Å². The normalized spacial score (nSPS) is 11.2. The van der Waals surface area contributed by atoms with Crippen LogP contribution in [0, 0.1) is 0 Å². The Labute approximate surface area is 75.9 Å². The molecule has 0 aliphatic rings. The van der Waals surface area contributed by atoms with Crippen LogP contribution in [-0.4, -0.2) is 19.2 Å². The molecule has 0 saturated heterocycles. The van der Waals surface area contributed by atoms with Crippen LogP contribution in [0.5, 0.6) is 0 Å². The molecule has 0 unspecified atom stereocenters. The van der Waals surface area contributed by atoms with Gasteiger partial charge in [0.25, 0.3) is 0 Å². The molecule has 6 heteroatoms. The summed E-state index contributed by atoms with van der Waals surface area (Å²) in [4.78, 5) is 13.0. The van der Waals surface area contributed by atoms with Gasteiger partial charge in [-0.15, -0.1) is 0 Å². The molecule has 0 fully saturated rings. The van der Waals surface area contributed by atoms with Gasteiger partial charge < -0.3 is 4.98 Å². The molecule has 0 aliphatic carbocycles. The Balaban J connectivity index is 2.88. The molecule has 0 saturated carbocycles. The quantitative estimate of drug-likeness (QED) is 0.731. The second kappa shape index (κ2) is 3.61. The second-order valence-corrected chi connectivity index (χ2v) is 4.46. The van der Waals surface area contributed by atoms with Gasteiger partial charge in [0.05, 0.1) is 11.4 Å². The Morgan fingerprint density at radius 1 is 1.46 bits per heavy atom. The van der Waals surface area contributed by atoms with E-state index in [1.165, 1.54) is 25.3 Å². The van der Waals surface area contributed by atoms with E-state index < -0.39 is 10.0 Å². The summed E-state index contributed by atoms with van der Waals surface area (Å²) in [6.07, 6.45) is 1.32. The number of anilines is 1. The number of aromatic nitrogens is 1. The number of hydrogen-bond donors (Lipinski definition) is 2. The summed E-state index contributed by atoms with van der Waals surface area (Å²) in [6.45, 7) is 1.54. The molecule has 2 N–H and O–H groups in total. The van der Waals surface area contributed by atoms with Gasteiger partial charge in [0.2, 0.25) is 15.6 Å². The zero-order valence-corrected chi connectivity index (χ0v) is 7.89. The molecule has 0 spiro atoms. The summed E-state index contributed by atoms with van der Waals surface area (Å²) in [6, 6.07) is 2.67. The van der Waals surface area contributed by atoms with Gasteiger partial charge in [-0.3, -0.25) is 9.52 Å². The lowest BCUT2D eigenvalue weighted by Gasteiger charge is -2.03. The predicted octanol–water partition coefficient (Wildman–Crippen LogP) is 0.136. The van der Waals surface area contributed by atoms with Crippen molar-refractivity contribution < 1.29 is 8.42 Å². The third kappa shape index (κ3) is 2.90. The van der Waals surface area contributed by atoms with Crippen molar-refractivity contribution in [2.75, 3.05) is 10.5 Å². The van der Waals surface area contributed by atoms with Gasteiger partial charge in [-0.2, -0.15) is 0 Å². The first kappa shape index (κ1) is 9.79. The molecule has 1 rings (SSSR count). The lowest BCUT2D eigenvalue weighted by Crippen LogP contribution is -2.15. The number of sulfonamides is 1. The van der Waals surface area contributed by atoms with Crippen molar-refractivity contribution in [3.63, 3.8) is 0 Å². The van der Waals surface area contributed by atoms with E-state index in [1.54, 1.807) is 0 Å². The van der Waals surface area contributed by atoms with E-state index in [9.17, 15) is 13.2 Å². The van der Waals surface area contributed by atoms with Crippen molar-refractivity contribution in [2.24, 2.45) is 0 Å². The highest BCUT2D eigenvalue weighted by Gasteiger charge is 2.05. The monoisotopic (exact) mass is 202 g/mol. The van der Waals surface area contributed by atoms with Gasteiger partial charge in [-0.25, -0.2) is 8.42 Å². The highest BCUT2D eigenvalue weighted by atomic mass is 32.2. The second-order valence-electron chi connectivity index (χ2n) is 2.45. The van der Waals surface area contributed by atoms with Gasteiger partial charge in [0, 0.05) is 12.3 Å². The molecule has 13 heavy (non-hydrogen) atoms. The van der Waals surface area contributed by atoms with Crippen molar-refractivity contribution in [1.29, 1.82) is 0 Å². The summed E-state index contributed by atoms with van der Waals surface area (Å²) >= 11 is 0. The Morgan fingerprint density at radius 2 is 2.15 bits per heavy atom. The van der Waals surface area contributed by atoms with Gasteiger partial charge in [-0.05, 0) is 13.0 Å². The Hall–Kier alpha value is -1.30. The summed E-state index contributed by atoms with van der Waals surface area (Å²) < 4.78 is 24.4. The molecule has 1 aromatic heterocycles. The van der Waals surface area contributed by atoms with Crippen LogP contribution in [0.3, 0.4) is 0 Å². The Kier molecular flexibility index (Phi) is 2.72. The minimum atomic E-state index is -3.26. The van der Waals surface area contributed by atoms with Crippen LogP contribution in [-0.2, 0) is 10.0 Å². The molecule has 0 aromatic carbocycles. The van der Waals surface area contributed by atoms with E-state index in [4.69, 9.17) is 0 Å². The van der Waals surface area contributed by atoms with Crippen molar-refractivity contribution in [1.82, 2.24) is 4.98 Å². The van der Waals surface area contributed by atoms with Crippen molar-refractivity contribution in [3.8, 4) is 0 Å². The standard InChI is InChI=1S/C7H10N2O3S/c1-2-13(11,12)9-6-3-4-7(10)8-5-6/h3-5,9H,2H2,1H3,(H,8,10). The maximum atomic E-state index is 11.1. The number of H-pyrrole nitrogens is 1. The number of nitrogens with one attached hydrogen (secondary N) is 2. The maximum absolute atomic E-state index is 11.1. The van der Waals surface area contributed by atoms with E-state index in [0.29, 0.717) is 5.69 Å². The molecule has 0 amide bonds. The van der Waals surface area contributed by atoms with Crippen LogP contribution in [0.2, 0.25) is 0 Å². The third-order valence-electron chi connectivity index (χ3n) is 1.44. The summed E-state index contributed by atoms with van der Waals surface area (Å²) in [7, 11) is -3.26. The highest BCUT2D eigenvalue weighted by molar-refractivity contribution is 7.92. The molecular weight excluding hydrogens is 192 g/mol. The first-order chi connectivity index (χ1) is 6.03. The van der Waals surface area contributed by atoms with E-state index in [0.717, 1.165) is 0 Å². The molecule has 0 atom stereocenters. The first-order valence-electron chi connectivity index (χ1n) is 3.73. The van der Waals surface area contributed by atoms with E-state index in [2.05, 4.69) is 9.71 Å². The van der Waals surface area contributed by atoms with Crippen LogP contribution < -0.4 is 10.3 Å². The van der Waals surface area contributed by atoms with Crippen molar-refractivity contribution >= 4 is 15.7 Å². The largest absolute Gasteiger partial charge is 0.327 e. The number of pyridine rings is 1. The minimum Gasteiger partial charge on any atom is -0.327 e. The number of rotatable bonds is 3. The molecule has 72 valence electrons. The van der Waals surface area contributed by atoms with Gasteiger partial charge in [0.15, 0.2) is 0 Å². The fraction of sp³-hybridized carbons (Fsp3) is 0.286. The fourth-order valence-electron chi connectivity index (χ4n) is 0.726. The topological polar surface area (TPSA) is 79.0 Å². The molecule has 1 heterocycles. The fourth-order valence-corrected chi connectivity index (χ4v) is 1.36. The maximum Gasteiger partial charge on any atom is 0.248 e. The minimum absolute atomic E-state index is 0.00608. The van der Waals surface area contributed by atoms with Crippen LogP contribution in [0.25, 0.3) is 0 Å². The van der Waals surface area contributed by atoms with Crippen molar-refractivity contribution in [2.45, 2.75) is 6.92 Å². The SMILES string of the molecule is CCS(=O)(=O)Nc1ccc(=O)[nH]c1. The van der Waals surface area contributed by atoms with Gasteiger partial charge in [-0.1, -0.05) is 0 Å². The smallest absolute Gasteiger partial charge is 0.248 e. The molecule has 0 radical (unpaired) electrons. The Bertz CT molecular complexity index is 415. The molecule has 0 aliphatic heterocycles. The molecular formula is C7H10N2O3S. The zero-order valence-electron chi connectivity index (χ0n) is 7.07. The molecule has 0 bridgehead atoms. The van der Waals surface area contributed by atoms with Gasteiger partial charge >= 0.3 is 0 Å². The summed E-state index contributed by atoms with van der Waals surface area (Å²) in [5.74, 6) is 0.00608. The lowest BCUT2D eigenvalue weighted by atomic mass is 10.4. The first-order valence-corrected chi connectivity index (χ1v) is 5.38. The van der Waals surface area contributed by atoms with E-state index in [-0.39, 0.29) is 11.3 Å². The van der Waals surface area contributed by atoms with E-state index >= 15 is 0 Å². The molecule has 5 nitrogen and oxygen atoms in total. The predicted molar refractivity (Wildman–Crippen MR) is 50.1 cm³/mol. The summed E-state index contributed by atoms with van der Waals surface area (Å²) in [5.41, 5.74) is 0.0981. The molecule has 1 aromatic rings. The number of aromatic amines is 1. The van der Waals surface area contributed by atoms with E-state index in [1.807, 2.05) is 0 Å². The third-order valence-corrected chi connectivity index (χ3v) is 2.74. The number of hydrogen-bond acceptors (Lipinski definition) is 3. The Morgan fingerprint density at radius 3 is 2.62 bits per heavy atom.